The van der Waals surface area contributed by atoms with Crippen molar-refractivity contribution in [2.45, 2.75) is 57.8 Å². The fourth-order valence-electron chi connectivity index (χ4n) is 25.0. The molecule has 0 fully saturated rings. The summed E-state index contributed by atoms with van der Waals surface area (Å²) in [5, 5.41) is 15.3. The first-order valence-electron chi connectivity index (χ1n) is 49.4. The molecule has 30 rings (SSSR count). The second-order valence-electron chi connectivity index (χ2n) is 40.2. The van der Waals surface area contributed by atoms with Crippen LogP contribution >= 0.6 is 0 Å². The maximum atomic E-state index is 2.50. The molecule has 0 aliphatic heterocycles. The molecule has 3 aliphatic carbocycles. The van der Waals surface area contributed by atoms with Crippen LogP contribution < -0.4 is 0 Å². The Hall–Kier alpha value is -17.6. The Kier molecular flexibility index (Phi) is 18.1. The molecule has 666 valence electrons. The molecule has 0 bridgehead atoms. The molecule has 21 aromatic carbocycles. The van der Waals surface area contributed by atoms with Crippen LogP contribution in [-0.4, -0.2) is 27.4 Å². The van der Waals surface area contributed by atoms with Crippen molar-refractivity contribution < 1.29 is 0 Å². The van der Waals surface area contributed by atoms with Crippen LogP contribution in [0.15, 0.2) is 473 Å². The van der Waals surface area contributed by atoms with Crippen molar-refractivity contribution in [3.63, 3.8) is 0 Å². The van der Waals surface area contributed by atoms with Crippen LogP contribution in [0.3, 0.4) is 0 Å². The van der Waals surface area contributed by atoms with Crippen LogP contribution in [0.2, 0.25) is 0 Å². The van der Waals surface area contributed by atoms with Gasteiger partial charge < -0.3 is 27.4 Å². The Morgan fingerprint density at radius 2 is 0.404 bits per heavy atom. The summed E-state index contributed by atoms with van der Waals surface area (Å²) in [6, 6.07) is 174. The summed E-state index contributed by atoms with van der Waals surface area (Å²) in [5.74, 6) is 0. The molecule has 141 heavy (non-hydrogen) atoms. The number of aromatic nitrogens is 6. The molecule has 0 N–H and O–H groups in total. The Labute approximate surface area is 817 Å². The second kappa shape index (κ2) is 31.2. The van der Waals surface area contributed by atoms with Gasteiger partial charge in [-0.2, -0.15) is 0 Å². The molecular weight excluding hydrogens is 1710 g/mol. The van der Waals surface area contributed by atoms with Gasteiger partial charge in [0.2, 0.25) is 0 Å². The number of hydrogen-bond donors (Lipinski definition) is 0. The highest BCUT2D eigenvalue weighted by atomic mass is 15.0. The van der Waals surface area contributed by atoms with Crippen LogP contribution in [0.1, 0.15) is 74.9 Å². The zero-order valence-corrected chi connectivity index (χ0v) is 79.2. The minimum atomic E-state index is -0.118. The van der Waals surface area contributed by atoms with Gasteiger partial charge in [-0.05, 0) is 271 Å². The van der Waals surface area contributed by atoms with Gasteiger partial charge in [0.1, 0.15) is 0 Å². The van der Waals surface area contributed by atoms with Gasteiger partial charge in [0.15, 0.2) is 0 Å². The molecule has 6 aromatic heterocycles. The second-order valence-corrected chi connectivity index (χ2v) is 40.2. The highest BCUT2D eigenvalue weighted by molar-refractivity contribution is 6.20. The predicted octanol–water partition coefficient (Wildman–Crippen LogP) is 35.6. The molecule has 0 saturated heterocycles. The van der Waals surface area contributed by atoms with E-state index in [0.717, 1.165) is 0 Å². The maximum Gasteiger partial charge on any atom is 0.0622 e. The van der Waals surface area contributed by atoms with E-state index in [9.17, 15) is 0 Å². The van der Waals surface area contributed by atoms with Crippen LogP contribution in [0.4, 0.5) is 0 Å². The number of rotatable bonds is 9. The molecule has 0 unspecified atom stereocenters. The van der Waals surface area contributed by atoms with Gasteiger partial charge in [0, 0.05) is 121 Å². The van der Waals surface area contributed by atoms with Crippen molar-refractivity contribution in [1.82, 2.24) is 27.4 Å². The first kappa shape index (κ1) is 81.7. The van der Waals surface area contributed by atoms with E-state index in [1.165, 1.54) is 265 Å². The third kappa shape index (κ3) is 12.3. The number of benzene rings is 21. The van der Waals surface area contributed by atoms with Crippen molar-refractivity contribution in [1.29, 1.82) is 0 Å². The summed E-state index contributed by atoms with van der Waals surface area (Å²) in [6.45, 7) is 14.2. The average Bonchev–Trinajstić information content (AvgIpc) is 1.54. The topological polar surface area (TPSA) is 29.6 Å². The largest absolute Gasteiger partial charge is 0.309 e. The quantitative estimate of drug-likeness (QED) is 0.138. The minimum absolute atomic E-state index is 0.0579. The summed E-state index contributed by atoms with van der Waals surface area (Å²) in [7, 11) is 0. The van der Waals surface area contributed by atoms with Crippen molar-refractivity contribution >= 4 is 131 Å². The molecule has 0 saturated carbocycles. The van der Waals surface area contributed by atoms with Crippen LogP contribution in [-0.2, 0) is 16.2 Å². The number of fused-ring (bicyclic) bond motifs is 29. The summed E-state index contributed by atoms with van der Waals surface area (Å²) in [5.41, 5.74) is 45.6. The average molecular weight is 1800 g/mol. The fraction of sp³-hybridized carbons (Fsp3) is 0.0667. The Bertz CT molecular complexity index is 9680. The van der Waals surface area contributed by atoms with E-state index in [1.807, 2.05) is 0 Å². The first-order chi connectivity index (χ1) is 69.3. The smallest absolute Gasteiger partial charge is 0.0622 e. The first-order valence-corrected chi connectivity index (χ1v) is 49.4. The van der Waals surface area contributed by atoms with Gasteiger partial charge in [0.05, 0.1) is 66.2 Å². The van der Waals surface area contributed by atoms with Crippen LogP contribution in [0, 0.1) is 0 Å². The maximum absolute atomic E-state index is 2.50. The Morgan fingerprint density at radius 3 is 0.801 bits per heavy atom. The monoisotopic (exact) mass is 1800 g/mol. The summed E-state index contributed by atoms with van der Waals surface area (Å²) >= 11 is 0. The number of nitrogens with zero attached hydrogens (tertiary/aromatic N) is 6. The van der Waals surface area contributed by atoms with Crippen molar-refractivity contribution in [3.05, 3.63) is 507 Å². The SMILES string of the molecule is CC1(C)c2ccccc2-c2c1ccc1c3cc(-c4ccc5c(c4)c4ccccc4n5-c4ccccc4)ccc3n(-c3ccccc3)c21.CC1(C)c2ccccc2-c2cc3c(cc21)c1cc(-c2ccc4c(c2)c2ccccc2n4-c2ccccc2)ccc1n3-c1ccccc1.CC1(C)c2ccccc2-c2ccc3c4cc(-c5ccc6c(c5)c5ccccc5n6-c5ccccc5)ccc4n(-c4ccccc4)c3c21. The molecule has 0 amide bonds. The third-order valence-corrected chi connectivity index (χ3v) is 31.5. The lowest BCUT2D eigenvalue weighted by molar-refractivity contribution is 0.660. The minimum Gasteiger partial charge on any atom is -0.309 e. The number of para-hydroxylation sites is 9. The van der Waals surface area contributed by atoms with Gasteiger partial charge in [-0.1, -0.05) is 339 Å². The molecule has 27 aromatic rings. The molecular formula is C135H96N6. The molecule has 6 heteroatoms. The van der Waals surface area contributed by atoms with Crippen LogP contribution in [0.5, 0.6) is 0 Å². The highest BCUT2D eigenvalue weighted by Crippen LogP contribution is 2.58. The van der Waals surface area contributed by atoms with E-state index in [2.05, 4.69) is 542 Å². The molecule has 3 aliphatic rings. The van der Waals surface area contributed by atoms with Gasteiger partial charge in [-0.25, -0.2) is 0 Å². The lowest BCUT2D eigenvalue weighted by atomic mass is 9.81. The van der Waals surface area contributed by atoms with Gasteiger partial charge in [-0.15, -0.1) is 0 Å². The van der Waals surface area contributed by atoms with Gasteiger partial charge in [0.25, 0.3) is 0 Å². The Balaban J connectivity index is 0.000000104. The summed E-state index contributed by atoms with van der Waals surface area (Å²) in [4.78, 5) is 0. The van der Waals surface area contributed by atoms with Gasteiger partial charge >= 0.3 is 0 Å². The molecule has 6 heterocycles. The van der Waals surface area contributed by atoms with E-state index in [1.54, 1.807) is 0 Å². The lowest BCUT2D eigenvalue weighted by Crippen LogP contribution is -2.16. The van der Waals surface area contributed by atoms with Crippen molar-refractivity contribution in [2.75, 3.05) is 0 Å². The van der Waals surface area contributed by atoms with E-state index in [4.69, 9.17) is 0 Å². The standard InChI is InChI=1S/3C45H32N2/c1-45(2)38-19-11-9-18-35(38)43-39(45)24-23-34-37-28-30(22-26-42(37)47(44(34)43)32-15-7-4-8-16-32)29-21-25-41-36(27-29)33-17-10-12-20-40(33)46(41)31-13-5-3-6-14-31;1-45(2)39-19-11-9-17-33(39)35-23-24-36-38-28-30(22-26-42(38)47(44(36)43(35)45)32-15-7-4-8-16-32)29-21-25-41-37(27-29)34-18-10-12-20-40(34)46(41)31-13-5-3-6-14-31;1-45(2)39-19-11-9-17-33(39)35-28-44-38(27-40(35)45)37-26-30(22-24-43(37)47(44)32-15-7-4-8-16-32)29-21-23-42-36(25-29)34-18-10-12-20-41(34)46(42)31-13-5-3-6-14-31/h3*3-28H,1-2H3. The zero-order chi connectivity index (χ0) is 93.8. The Morgan fingerprint density at radius 1 is 0.142 bits per heavy atom. The van der Waals surface area contributed by atoms with E-state index >= 15 is 0 Å². The number of hydrogen-bond acceptors (Lipinski definition) is 0. The lowest BCUT2D eigenvalue weighted by Gasteiger charge is -2.23. The molecule has 0 radical (unpaired) electrons. The predicted molar refractivity (Wildman–Crippen MR) is 594 cm³/mol. The zero-order valence-electron chi connectivity index (χ0n) is 79.2. The highest BCUT2D eigenvalue weighted by Gasteiger charge is 2.41. The molecule has 6 nitrogen and oxygen atoms in total. The van der Waals surface area contributed by atoms with E-state index in [0.29, 0.717) is 0 Å². The summed E-state index contributed by atoms with van der Waals surface area (Å²) < 4.78 is 14.6. The normalized spacial score (nSPS) is 13.5. The summed E-state index contributed by atoms with van der Waals surface area (Å²) in [6.07, 6.45) is 0. The molecule has 0 spiro atoms. The van der Waals surface area contributed by atoms with Crippen LogP contribution in [0.25, 0.3) is 232 Å². The molecule has 0 atom stereocenters. The fourth-order valence-corrected chi connectivity index (χ4v) is 25.0. The van der Waals surface area contributed by atoms with E-state index < -0.39 is 0 Å². The van der Waals surface area contributed by atoms with Crippen molar-refractivity contribution in [3.8, 4) is 101 Å². The third-order valence-electron chi connectivity index (χ3n) is 31.5. The van der Waals surface area contributed by atoms with Crippen molar-refractivity contribution in [2.24, 2.45) is 0 Å². The van der Waals surface area contributed by atoms with E-state index in [-0.39, 0.29) is 16.2 Å². The van der Waals surface area contributed by atoms with Gasteiger partial charge in [-0.3, -0.25) is 0 Å².